The summed E-state index contributed by atoms with van der Waals surface area (Å²) in [5, 5.41) is 1.23. The number of furan rings is 1. The van der Waals surface area contributed by atoms with E-state index in [0.29, 0.717) is 16.2 Å². The number of aryl methyl sites for hydroxylation is 1. The van der Waals surface area contributed by atoms with Gasteiger partial charge in [-0.1, -0.05) is 23.2 Å². The van der Waals surface area contributed by atoms with E-state index in [9.17, 15) is 4.79 Å². The average Bonchev–Trinajstić information content (AvgIpc) is 2.81. The molecule has 94 valence electrons. The van der Waals surface area contributed by atoms with Gasteiger partial charge in [-0.15, -0.1) is 0 Å². The molecule has 0 N–H and O–H groups in total. The summed E-state index contributed by atoms with van der Waals surface area (Å²) in [6, 6.07) is 9.10. The van der Waals surface area contributed by atoms with Gasteiger partial charge in [0.05, 0.1) is 5.02 Å². The number of aromatic nitrogens is 1. The standard InChI is InChI=1S/C15H10ClNO2/c1-9-2-3-13-10(6-9)7-14(19-13)15(18)11-4-5-17-8-12(11)16/h2-8H,1H3. The normalized spacial score (nSPS) is 10.8. The van der Waals surface area contributed by atoms with E-state index < -0.39 is 0 Å². The minimum absolute atomic E-state index is 0.235. The van der Waals surface area contributed by atoms with E-state index in [2.05, 4.69) is 4.98 Å². The third-order valence-electron chi connectivity index (χ3n) is 2.91. The first-order chi connectivity index (χ1) is 9.15. The van der Waals surface area contributed by atoms with Crippen LogP contribution >= 0.6 is 11.6 Å². The Hall–Kier alpha value is -2.13. The molecule has 0 spiro atoms. The lowest BCUT2D eigenvalue weighted by Crippen LogP contribution is -2.00. The van der Waals surface area contributed by atoms with Gasteiger partial charge in [-0.25, -0.2) is 0 Å². The van der Waals surface area contributed by atoms with Crippen LogP contribution in [0.25, 0.3) is 11.0 Å². The summed E-state index contributed by atoms with van der Waals surface area (Å²) in [7, 11) is 0. The van der Waals surface area contributed by atoms with Crippen molar-refractivity contribution in [3.05, 3.63) is 64.6 Å². The lowest BCUT2D eigenvalue weighted by atomic mass is 10.1. The zero-order chi connectivity index (χ0) is 13.4. The summed E-state index contributed by atoms with van der Waals surface area (Å²) < 4.78 is 5.57. The van der Waals surface area contributed by atoms with Crippen LogP contribution in [0.4, 0.5) is 0 Å². The molecule has 0 atom stereocenters. The first-order valence-electron chi connectivity index (χ1n) is 5.79. The van der Waals surface area contributed by atoms with Gasteiger partial charge in [0.25, 0.3) is 0 Å². The Morgan fingerprint density at radius 2 is 2.11 bits per heavy atom. The number of hydrogen-bond acceptors (Lipinski definition) is 3. The fraction of sp³-hybridized carbons (Fsp3) is 0.0667. The van der Waals surface area contributed by atoms with Crippen LogP contribution in [0.2, 0.25) is 5.02 Å². The summed E-state index contributed by atoms with van der Waals surface area (Å²) >= 11 is 5.97. The number of nitrogens with zero attached hydrogens (tertiary/aromatic N) is 1. The summed E-state index contributed by atoms with van der Waals surface area (Å²) in [4.78, 5) is 16.2. The fourth-order valence-electron chi connectivity index (χ4n) is 1.97. The molecule has 0 aliphatic carbocycles. The second kappa shape index (κ2) is 4.52. The van der Waals surface area contributed by atoms with Crippen molar-refractivity contribution in [3.8, 4) is 0 Å². The number of carbonyl (C=O) groups is 1. The number of ketones is 1. The molecule has 0 unspecified atom stereocenters. The number of benzene rings is 1. The molecule has 19 heavy (non-hydrogen) atoms. The van der Waals surface area contributed by atoms with Crippen LogP contribution in [0, 0.1) is 6.92 Å². The monoisotopic (exact) mass is 271 g/mol. The van der Waals surface area contributed by atoms with Crippen molar-refractivity contribution < 1.29 is 9.21 Å². The molecule has 0 bridgehead atoms. The van der Waals surface area contributed by atoms with E-state index >= 15 is 0 Å². The molecule has 2 heterocycles. The zero-order valence-corrected chi connectivity index (χ0v) is 10.9. The quantitative estimate of drug-likeness (QED) is 0.661. The summed E-state index contributed by atoms with van der Waals surface area (Å²) in [5.74, 6) is 0.0509. The van der Waals surface area contributed by atoms with Gasteiger partial charge in [0.2, 0.25) is 5.78 Å². The van der Waals surface area contributed by atoms with Crippen molar-refractivity contribution in [3.63, 3.8) is 0 Å². The Kier molecular flexibility index (Phi) is 2.84. The number of pyridine rings is 1. The van der Waals surface area contributed by atoms with Crippen molar-refractivity contribution in [2.45, 2.75) is 6.92 Å². The van der Waals surface area contributed by atoms with Gasteiger partial charge in [0.1, 0.15) is 5.58 Å². The first-order valence-corrected chi connectivity index (χ1v) is 6.17. The third kappa shape index (κ3) is 2.13. The molecule has 0 radical (unpaired) electrons. The van der Waals surface area contributed by atoms with Gasteiger partial charge in [-0.2, -0.15) is 0 Å². The van der Waals surface area contributed by atoms with E-state index in [-0.39, 0.29) is 11.5 Å². The lowest BCUT2D eigenvalue weighted by molar-refractivity contribution is 0.101. The lowest BCUT2D eigenvalue weighted by Gasteiger charge is -1.98. The molecule has 1 aromatic carbocycles. The highest BCUT2D eigenvalue weighted by Gasteiger charge is 2.17. The maximum atomic E-state index is 12.3. The summed E-state index contributed by atoms with van der Waals surface area (Å²) in [6.45, 7) is 1.99. The van der Waals surface area contributed by atoms with Crippen molar-refractivity contribution in [1.82, 2.24) is 4.98 Å². The van der Waals surface area contributed by atoms with Gasteiger partial charge >= 0.3 is 0 Å². The van der Waals surface area contributed by atoms with Crippen LogP contribution in [0.15, 0.2) is 47.1 Å². The Morgan fingerprint density at radius 1 is 1.26 bits per heavy atom. The van der Waals surface area contributed by atoms with Gasteiger partial charge in [0.15, 0.2) is 5.76 Å². The molecule has 0 aliphatic heterocycles. The molecule has 4 heteroatoms. The van der Waals surface area contributed by atoms with E-state index in [1.807, 2.05) is 25.1 Å². The van der Waals surface area contributed by atoms with Crippen molar-refractivity contribution in [2.24, 2.45) is 0 Å². The largest absolute Gasteiger partial charge is 0.453 e. The van der Waals surface area contributed by atoms with E-state index in [1.165, 1.54) is 12.4 Å². The highest BCUT2D eigenvalue weighted by Crippen LogP contribution is 2.24. The average molecular weight is 272 g/mol. The molecule has 3 rings (SSSR count). The predicted molar refractivity (Wildman–Crippen MR) is 73.6 cm³/mol. The SMILES string of the molecule is Cc1ccc2oc(C(=O)c3ccncc3Cl)cc2c1. The zero-order valence-electron chi connectivity index (χ0n) is 10.2. The topological polar surface area (TPSA) is 43.1 Å². The molecule has 0 amide bonds. The maximum absolute atomic E-state index is 12.3. The Balaban J connectivity index is 2.09. The number of halogens is 1. The highest BCUT2D eigenvalue weighted by molar-refractivity contribution is 6.34. The second-order valence-electron chi connectivity index (χ2n) is 4.34. The van der Waals surface area contributed by atoms with E-state index in [1.54, 1.807) is 12.1 Å². The van der Waals surface area contributed by atoms with Crippen LogP contribution in [0.5, 0.6) is 0 Å². The molecule has 0 fully saturated rings. The number of rotatable bonds is 2. The van der Waals surface area contributed by atoms with Gasteiger partial charge in [0, 0.05) is 23.3 Å². The van der Waals surface area contributed by atoms with E-state index in [0.717, 1.165) is 10.9 Å². The predicted octanol–water partition coefficient (Wildman–Crippen LogP) is 4.02. The Morgan fingerprint density at radius 3 is 2.89 bits per heavy atom. The molecule has 3 aromatic rings. The fourth-order valence-corrected chi connectivity index (χ4v) is 2.17. The van der Waals surface area contributed by atoms with Crippen LogP contribution in [0.1, 0.15) is 21.7 Å². The molecule has 0 saturated carbocycles. The van der Waals surface area contributed by atoms with Gasteiger partial charge < -0.3 is 4.42 Å². The number of fused-ring (bicyclic) bond motifs is 1. The minimum atomic E-state index is -0.235. The van der Waals surface area contributed by atoms with Crippen LogP contribution in [0.3, 0.4) is 0 Å². The molecular formula is C15H10ClNO2. The van der Waals surface area contributed by atoms with Crippen molar-refractivity contribution >= 4 is 28.4 Å². The van der Waals surface area contributed by atoms with E-state index in [4.69, 9.17) is 16.0 Å². The van der Waals surface area contributed by atoms with Gasteiger partial charge in [-0.05, 0) is 31.2 Å². The summed E-state index contributed by atoms with van der Waals surface area (Å²) in [6.07, 6.45) is 2.98. The van der Waals surface area contributed by atoms with Crippen molar-refractivity contribution in [2.75, 3.05) is 0 Å². The second-order valence-corrected chi connectivity index (χ2v) is 4.74. The van der Waals surface area contributed by atoms with Gasteiger partial charge in [-0.3, -0.25) is 9.78 Å². The molecular weight excluding hydrogens is 262 g/mol. The Labute approximate surface area is 114 Å². The first kappa shape index (κ1) is 11.9. The smallest absolute Gasteiger partial charge is 0.229 e. The molecule has 0 saturated heterocycles. The molecule has 0 aliphatic rings. The number of hydrogen-bond donors (Lipinski definition) is 0. The van der Waals surface area contributed by atoms with Crippen LogP contribution < -0.4 is 0 Å². The Bertz CT molecular complexity index is 777. The number of carbonyl (C=O) groups excluding carboxylic acids is 1. The summed E-state index contributed by atoms with van der Waals surface area (Å²) in [5.41, 5.74) is 2.21. The van der Waals surface area contributed by atoms with Crippen LogP contribution in [-0.2, 0) is 0 Å². The molecule has 2 aromatic heterocycles. The van der Waals surface area contributed by atoms with Crippen molar-refractivity contribution in [1.29, 1.82) is 0 Å². The maximum Gasteiger partial charge on any atom is 0.229 e. The van der Waals surface area contributed by atoms with Crippen LogP contribution in [-0.4, -0.2) is 10.8 Å². The third-order valence-corrected chi connectivity index (χ3v) is 3.21. The molecule has 3 nitrogen and oxygen atoms in total. The highest BCUT2D eigenvalue weighted by atomic mass is 35.5. The minimum Gasteiger partial charge on any atom is -0.453 e.